The van der Waals surface area contributed by atoms with Crippen LogP contribution >= 0.6 is 0 Å². The van der Waals surface area contributed by atoms with Gasteiger partial charge in [0, 0.05) is 6.54 Å². The van der Waals surface area contributed by atoms with Gasteiger partial charge >= 0.3 is 0 Å². The van der Waals surface area contributed by atoms with Crippen LogP contribution in [0.25, 0.3) is 0 Å². The molecule has 2 aromatic carbocycles. The number of aliphatic hydroxyl groups excluding tert-OH is 1. The lowest BCUT2D eigenvalue weighted by atomic mass is 10.1. The molecule has 0 aliphatic rings. The van der Waals surface area contributed by atoms with Crippen LogP contribution in [-0.2, 0) is 17.9 Å². The van der Waals surface area contributed by atoms with Crippen LogP contribution in [0.5, 0.6) is 5.75 Å². The lowest BCUT2D eigenvalue weighted by Crippen LogP contribution is -2.34. The van der Waals surface area contributed by atoms with Crippen LogP contribution in [-0.4, -0.2) is 21.0 Å². The zero-order chi connectivity index (χ0) is 17.6. The van der Waals surface area contributed by atoms with E-state index in [9.17, 15) is 15.0 Å². The van der Waals surface area contributed by atoms with Crippen molar-refractivity contribution in [2.24, 2.45) is 0 Å². The lowest BCUT2D eigenvalue weighted by Gasteiger charge is -2.25. The van der Waals surface area contributed by atoms with E-state index in [-0.39, 0.29) is 12.3 Å². The molecule has 1 unspecified atom stereocenters. The van der Waals surface area contributed by atoms with E-state index in [0.717, 1.165) is 5.56 Å². The first kappa shape index (κ1) is 16.8. The Morgan fingerprint density at radius 3 is 2.32 bits per heavy atom. The third-order valence-electron chi connectivity index (χ3n) is 3.90. The third kappa shape index (κ3) is 4.28. The van der Waals surface area contributed by atoms with Gasteiger partial charge in [-0.05, 0) is 35.4 Å². The monoisotopic (exact) mass is 337 g/mol. The summed E-state index contributed by atoms with van der Waals surface area (Å²) >= 11 is 0. The molecule has 3 aromatic rings. The molecule has 0 radical (unpaired) electrons. The average molecular weight is 337 g/mol. The van der Waals surface area contributed by atoms with Crippen molar-refractivity contribution in [3.8, 4) is 5.75 Å². The van der Waals surface area contributed by atoms with Crippen molar-refractivity contribution in [2.45, 2.75) is 19.2 Å². The zero-order valence-electron chi connectivity index (χ0n) is 13.6. The van der Waals surface area contributed by atoms with Gasteiger partial charge in [-0.1, -0.05) is 42.5 Å². The highest BCUT2D eigenvalue weighted by atomic mass is 16.3. The Labute approximate surface area is 145 Å². The summed E-state index contributed by atoms with van der Waals surface area (Å²) in [5, 5.41) is 19.9. The molecule has 128 valence electrons. The quantitative estimate of drug-likeness (QED) is 0.724. The van der Waals surface area contributed by atoms with Crippen LogP contribution in [0.1, 0.15) is 23.0 Å². The van der Waals surface area contributed by atoms with E-state index in [1.165, 1.54) is 4.90 Å². The van der Waals surface area contributed by atoms with Gasteiger partial charge in [-0.25, -0.2) is 0 Å². The third-order valence-corrected chi connectivity index (χ3v) is 3.90. The molecule has 3 rings (SSSR count). The minimum atomic E-state index is -1.24. The summed E-state index contributed by atoms with van der Waals surface area (Å²) < 4.78 is 5.34. The van der Waals surface area contributed by atoms with E-state index in [2.05, 4.69) is 0 Å². The van der Waals surface area contributed by atoms with E-state index < -0.39 is 12.0 Å². The predicted octanol–water partition coefficient (Wildman–Crippen LogP) is 3.25. The van der Waals surface area contributed by atoms with E-state index in [0.29, 0.717) is 17.9 Å². The number of aromatic hydroxyl groups is 1. The Morgan fingerprint density at radius 1 is 0.960 bits per heavy atom. The highest BCUT2D eigenvalue weighted by Gasteiger charge is 2.24. The number of amides is 1. The van der Waals surface area contributed by atoms with Crippen molar-refractivity contribution >= 4 is 5.91 Å². The van der Waals surface area contributed by atoms with Crippen LogP contribution in [0.4, 0.5) is 0 Å². The van der Waals surface area contributed by atoms with Gasteiger partial charge in [0.1, 0.15) is 11.5 Å². The molecule has 0 spiro atoms. The molecule has 1 amide bonds. The highest BCUT2D eigenvalue weighted by molar-refractivity contribution is 5.82. The fraction of sp³-hybridized carbons (Fsp3) is 0.150. The van der Waals surface area contributed by atoms with E-state index in [1.807, 2.05) is 6.07 Å². The Bertz CT molecular complexity index is 797. The average Bonchev–Trinajstić information content (AvgIpc) is 3.15. The topological polar surface area (TPSA) is 73.9 Å². The molecule has 0 saturated heterocycles. The summed E-state index contributed by atoms with van der Waals surface area (Å²) in [4.78, 5) is 14.4. The molecule has 0 bridgehead atoms. The second kappa shape index (κ2) is 7.68. The molecule has 5 nitrogen and oxygen atoms in total. The number of furan rings is 1. The van der Waals surface area contributed by atoms with E-state index in [1.54, 1.807) is 66.9 Å². The molecule has 1 atom stereocenters. The van der Waals surface area contributed by atoms with Gasteiger partial charge in [-0.2, -0.15) is 0 Å². The summed E-state index contributed by atoms with van der Waals surface area (Å²) in [6.45, 7) is 0.542. The maximum absolute atomic E-state index is 12.8. The van der Waals surface area contributed by atoms with Gasteiger partial charge in [0.05, 0.1) is 12.8 Å². The van der Waals surface area contributed by atoms with Crippen molar-refractivity contribution in [2.75, 3.05) is 0 Å². The molecule has 1 aromatic heterocycles. The number of carbonyl (C=O) groups excluding carboxylic acids is 1. The zero-order valence-corrected chi connectivity index (χ0v) is 13.6. The van der Waals surface area contributed by atoms with Crippen molar-refractivity contribution in [1.29, 1.82) is 0 Å². The number of hydrogen-bond acceptors (Lipinski definition) is 4. The SMILES string of the molecule is O=C(C(O)c1ccccc1)N(Cc1ccc(O)cc1)Cc1ccco1. The Balaban J connectivity index is 1.82. The minimum Gasteiger partial charge on any atom is -0.508 e. The number of benzene rings is 2. The standard InChI is InChI=1S/C20H19NO4/c22-17-10-8-15(9-11-17)13-21(14-18-7-4-12-25-18)20(24)19(23)16-5-2-1-3-6-16/h1-12,19,22-23H,13-14H2. The maximum Gasteiger partial charge on any atom is 0.256 e. The van der Waals surface area contributed by atoms with Crippen molar-refractivity contribution in [3.05, 3.63) is 89.9 Å². The molecule has 0 fully saturated rings. The predicted molar refractivity (Wildman–Crippen MR) is 92.5 cm³/mol. The molecule has 0 aliphatic heterocycles. The first-order valence-electron chi connectivity index (χ1n) is 7.95. The molecule has 1 heterocycles. The fourth-order valence-corrected chi connectivity index (χ4v) is 2.57. The second-order valence-corrected chi connectivity index (χ2v) is 5.75. The summed E-state index contributed by atoms with van der Waals surface area (Å²) in [5.74, 6) is 0.389. The van der Waals surface area contributed by atoms with E-state index in [4.69, 9.17) is 4.42 Å². The molecule has 25 heavy (non-hydrogen) atoms. The van der Waals surface area contributed by atoms with Crippen LogP contribution in [0.3, 0.4) is 0 Å². The molecule has 5 heteroatoms. The van der Waals surface area contributed by atoms with Gasteiger partial charge in [-0.15, -0.1) is 0 Å². The highest BCUT2D eigenvalue weighted by Crippen LogP contribution is 2.20. The molecular formula is C20H19NO4. The summed E-state index contributed by atoms with van der Waals surface area (Å²) in [6.07, 6.45) is 0.305. The molecule has 2 N–H and O–H groups in total. The van der Waals surface area contributed by atoms with Gasteiger partial charge in [0.2, 0.25) is 0 Å². The summed E-state index contributed by atoms with van der Waals surface area (Å²) in [7, 11) is 0. The first-order valence-corrected chi connectivity index (χ1v) is 7.95. The normalized spacial score (nSPS) is 11.9. The Hall–Kier alpha value is -3.05. The van der Waals surface area contributed by atoms with Gasteiger partial charge in [0.25, 0.3) is 5.91 Å². The maximum atomic E-state index is 12.8. The Morgan fingerprint density at radius 2 is 1.68 bits per heavy atom. The molecular weight excluding hydrogens is 318 g/mol. The van der Waals surface area contributed by atoms with Crippen molar-refractivity contribution < 1.29 is 19.4 Å². The van der Waals surface area contributed by atoms with Gasteiger partial charge in [0.15, 0.2) is 6.10 Å². The lowest BCUT2D eigenvalue weighted by molar-refractivity contribution is -0.142. The van der Waals surface area contributed by atoms with Crippen LogP contribution in [0.15, 0.2) is 77.4 Å². The molecule has 0 saturated carbocycles. The number of aliphatic hydroxyl groups is 1. The number of carbonyl (C=O) groups is 1. The van der Waals surface area contributed by atoms with Gasteiger partial charge in [-0.3, -0.25) is 4.79 Å². The summed E-state index contributed by atoms with van der Waals surface area (Å²) in [6, 6.07) is 19.0. The van der Waals surface area contributed by atoms with Crippen molar-refractivity contribution in [3.63, 3.8) is 0 Å². The van der Waals surface area contributed by atoms with Crippen molar-refractivity contribution in [1.82, 2.24) is 4.90 Å². The number of hydrogen-bond donors (Lipinski definition) is 2. The smallest absolute Gasteiger partial charge is 0.256 e. The number of phenolic OH excluding ortho intramolecular Hbond substituents is 1. The first-order chi connectivity index (χ1) is 12.1. The number of rotatable bonds is 6. The number of phenols is 1. The summed E-state index contributed by atoms with van der Waals surface area (Å²) in [5.41, 5.74) is 1.39. The van der Waals surface area contributed by atoms with Crippen LogP contribution in [0.2, 0.25) is 0 Å². The minimum absolute atomic E-state index is 0.164. The van der Waals surface area contributed by atoms with Crippen LogP contribution < -0.4 is 0 Å². The largest absolute Gasteiger partial charge is 0.508 e. The molecule has 0 aliphatic carbocycles. The van der Waals surface area contributed by atoms with Gasteiger partial charge < -0.3 is 19.5 Å². The fourth-order valence-electron chi connectivity index (χ4n) is 2.57. The Kier molecular flexibility index (Phi) is 5.16. The van der Waals surface area contributed by atoms with Crippen LogP contribution in [0, 0.1) is 0 Å². The van der Waals surface area contributed by atoms with E-state index >= 15 is 0 Å². The second-order valence-electron chi connectivity index (χ2n) is 5.75. The number of nitrogens with zero attached hydrogens (tertiary/aromatic N) is 1.